The molecule has 0 spiro atoms. The third-order valence-corrected chi connectivity index (χ3v) is 3.35. The summed E-state index contributed by atoms with van der Waals surface area (Å²) in [6.07, 6.45) is -4.78. The Morgan fingerprint density at radius 2 is 1.95 bits per heavy atom. The van der Waals surface area contributed by atoms with Crippen molar-refractivity contribution in [1.29, 1.82) is 10.8 Å². The second-order valence-corrected chi connectivity index (χ2v) is 5.08. The van der Waals surface area contributed by atoms with Crippen molar-refractivity contribution in [3.63, 3.8) is 0 Å². The Kier molecular flexibility index (Phi) is 7.06. The highest BCUT2D eigenvalue weighted by atomic mass is 32.2. The van der Waals surface area contributed by atoms with Gasteiger partial charge >= 0.3 is 6.43 Å². The SMILES string of the molecule is N=CSC(=N)c1ccc(C(O)C(CF)NC(=O)C(F)F)cc1. The number of carbonyl (C=O) groups excluding carboxylic acids is 1. The van der Waals surface area contributed by atoms with Gasteiger partial charge in [0.25, 0.3) is 5.91 Å². The van der Waals surface area contributed by atoms with E-state index in [9.17, 15) is 23.1 Å². The number of aliphatic hydroxyl groups excluding tert-OH is 1. The smallest absolute Gasteiger partial charge is 0.315 e. The van der Waals surface area contributed by atoms with Crippen molar-refractivity contribution in [1.82, 2.24) is 5.32 Å². The number of carbonyl (C=O) groups is 1. The summed E-state index contributed by atoms with van der Waals surface area (Å²) in [4.78, 5) is 10.9. The largest absolute Gasteiger partial charge is 0.386 e. The maximum absolute atomic E-state index is 12.8. The molecule has 0 saturated carbocycles. The van der Waals surface area contributed by atoms with Gasteiger partial charge in [0.15, 0.2) is 0 Å². The number of rotatable bonds is 7. The number of thioether (sulfide) groups is 1. The normalized spacial score (nSPS) is 13.5. The summed E-state index contributed by atoms with van der Waals surface area (Å²) in [5.74, 6) is -1.65. The molecule has 0 heterocycles. The summed E-state index contributed by atoms with van der Waals surface area (Å²) in [5, 5.41) is 26.3. The van der Waals surface area contributed by atoms with Crippen LogP contribution in [-0.2, 0) is 4.79 Å². The molecule has 22 heavy (non-hydrogen) atoms. The lowest BCUT2D eigenvalue weighted by Gasteiger charge is -2.21. The molecule has 9 heteroatoms. The first-order valence-corrected chi connectivity index (χ1v) is 6.95. The summed E-state index contributed by atoms with van der Waals surface area (Å²) in [6, 6.07) is 4.26. The summed E-state index contributed by atoms with van der Waals surface area (Å²) < 4.78 is 37.1. The number of hydrogen-bond acceptors (Lipinski definition) is 5. The van der Waals surface area contributed by atoms with E-state index in [0.717, 1.165) is 17.3 Å². The maximum atomic E-state index is 12.8. The Hall–Kier alpha value is -1.87. The molecule has 1 aromatic carbocycles. The van der Waals surface area contributed by atoms with Crippen LogP contribution in [0, 0.1) is 10.8 Å². The molecule has 0 aliphatic heterocycles. The fourth-order valence-corrected chi connectivity index (χ4v) is 2.03. The highest BCUT2D eigenvalue weighted by Gasteiger charge is 2.26. The van der Waals surface area contributed by atoms with Gasteiger partial charge in [-0.1, -0.05) is 36.0 Å². The van der Waals surface area contributed by atoms with E-state index >= 15 is 0 Å². The van der Waals surface area contributed by atoms with Crippen molar-refractivity contribution in [2.75, 3.05) is 6.67 Å². The molecule has 0 aliphatic carbocycles. The molecule has 120 valence electrons. The number of hydrogen-bond donors (Lipinski definition) is 4. The topological polar surface area (TPSA) is 97.0 Å². The van der Waals surface area contributed by atoms with Gasteiger partial charge in [0, 0.05) is 5.56 Å². The van der Waals surface area contributed by atoms with Gasteiger partial charge in [-0.05, 0) is 5.56 Å². The van der Waals surface area contributed by atoms with Gasteiger partial charge in [0.05, 0.1) is 16.6 Å². The van der Waals surface area contributed by atoms with E-state index in [1.807, 2.05) is 0 Å². The van der Waals surface area contributed by atoms with Crippen molar-refractivity contribution >= 4 is 28.3 Å². The molecule has 0 aliphatic rings. The molecule has 0 bridgehead atoms. The van der Waals surface area contributed by atoms with Crippen LogP contribution < -0.4 is 5.32 Å². The summed E-state index contributed by atoms with van der Waals surface area (Å²) >= 11 is 0.883. The highest BCUT2D eigenvalue weighted by Crippen LogP contribution is 2.20. The second kappa shape index (κ2) is 8.54. The van der Waals surface area contributed by atoms with Crippen molar-refractivity contribution < 1.29 is 23.1 Å². The Morgan fingerprint density at radius 1 is 1.36 bits per heavy atom. The van der Waals surface area contributed by atoms with Crippen LogP contribution in [-0.4, -0.2) is 40.7 Å². The molecule has 2 unspecified atom stereocenters. The van der Waals surface area contributed by atoms with Crippen molar-refractivity contribution in [2.45, 2.75) is 18.6 Å². The molecule has 0 radical (unpaired) electrons. The average molecular weight is 333 g/mol. The molecule has 1 amide bonds. The van der Waals surface area contributed by atoms with Gasteiger partial charge in [0.1, 0.15) is 12.8 Å². The number of nitrogens with one attached hydrogen (secondary N) is 3. The number of aliphatic hydroxyl groups is 1. The average Bonchev–Trinajstić information content (AvgIpc) is 2.52. The lowest BCUT2D eigenvalue weighted by molar-refractivity contribution is -0.133. The molecule has 0 saturated heterocycles. The lowest BCUT2D eigenvalue weighted by Crippen LogP contribution is -2.43. The summed E-state index contributed by atoms with van der Waals surface area (Å²) in [7, 11) is 0. The molecule has 5 nitrogen and oxygen atoms in total. The zero-order valence-electron chi connectivity index (χ0n) is 11.2. The van der Waals surface area contributed by atoms with Gasteiger partial charge in [-0.15, -0.1) is 0 Å². The third kappa shape index (κ3) is 4.85. The Labute approximate surface area is 128 Å². The van der Waals surface area contributed by atoms with Gasteiger partial charge in [-0.3, -0.25) is 10.2 Å². The van der Waals surface area contributed by atoms with Gasteiger partial charge in [-0.25, -0.2) is 4.39 Å². The monoisotopic (exact) mass is 333 g/mol. The Bertz CT molecular complexity index is 540. The van der Waals surface area contributed by atoms with Crippen LogP contribution in [0.1, 0.15) is 17.2 Å². The number of amides is 1. The standard InChI is InChI=1S/C13H14F3N3O2S/c14-5-9(19-13(21)11(15)16)10(20)7-1-3-8(4-2-7)12(18)22-6-17/h1-4,6,9-11,17-18,20H,5H2,(H,19,21). The summed E-state index contributed by atoms with van der Waals surface area (Å²) in [5.41, 5.74) is 1.69. The van der Waals surface area contributed by atoms with Crippen molar-refractivity contribution in [3.05, 3.63) is 35.4 Å². The van der Waals surface area contributed by atoms with E-state index in [-0.39, 0.29) is 10.6 Å². The van der Waals surface area contributed by atoms with Crippen LogP contribution in [0.2, 0.25) is 0 Å². The van der Waals surface area contributed by atoms with Crippen LogP contribution in [0.25, 0.3) is 0 Å². The lowest BCUT2D eigenvalue weighted by atomic mass is 10.0. The minimum atomic E-state index is -3.29. The minimum Gasteiger partial charge on any atom is -0.386 e. The van der Waals surface area contributed by atoms with E-state index in [2.05, 4.69) is 0 Å². The number of benzene rings is 1. The zero-order valence-corrected chi connectivity index (χ0v) is 12.0. The van der Waals surface area contributed by atoms with Crippen LogP contribution >= 0.6 is 11.8 Å². The third-order valence-electron chi connectivity index (χ3n) is 2.76. The molecule has 0 aromatic heterocycles. The van der Waals surface area contributed by atoms with Crippen LogP contribution in [0.4, 0.5) is 13.2 Å². The predicted molar refractivity (Wildman–Crippen MR) is 78.5 cm³/mol. The van der Waals surface area contributed by atoms with E-state index in [4.69, 9.17) is 10.8 Å². The molecular formula is C13H14F3N3O2S. The molecule has 1 aromatic rings. The molecule has 4 N–H and O–H groups in total. The predicted octanol–water partition coefficient (Wildman–Crippen LogP) is 2.11. The summed E-state index contributed by atoms with van der Waals surface area (Å²) in [6.45, 7) is -1.21. The van der Waals surface area contributed by atoms with E-state index in [0.29, 0.717) is 5.56 Å². The molecule has 2 atom stereocenters. The fraction of sp³-hybridized carbons (Fsp3) is 0.308. The van der Waals surface area contributed by atoms with Crippen LogP contribution in [0.15, 0.2) is 24.3 Å². The number of alkyl halides is 3. The zero-order chi connectivity index (χ0) is 16.7. The maximum Gasteiger partial charge on any atom is 0.315 e. The van der Waals surface area contributed by atoms with Gasteiger partial charge in [0.2, 0.25) is 0 Å². The highest BCUT2D eigenvalue weighted by molar-refractivity contribution is 8.25. The van der Waals surface area contributed by atoms with Crippen molar-refractivity contribution in [2.24, 2.45) is 0 Å². The van der Waals surface area contributed by atoms with E-state index in [1.54, 1.807) is 5.32 Å². The first kappa shape index (κ1) is 18.2. The minimum absolute atomic E-state index is 0.115. The van der Waals surface area contributed by atoms with E-state index in [1.165, 1.54) is 24.3 Å². The quantitative estimate of drug-likeness (QED) is 0.454. The van der Waals surface area contributed by atoms with E-state index < -0.39 is 31.2 Å². The van der Waals surface area contributed by atoms with Gasteiger partial charge < -0.3 is 15.8 Å². The second-order valence-electron chi connectivity index (χ2n) is 4.20. The molecule has 0 fully saturated rings. The fourth-order valence-electron chi connectivity index (χ4n) is 1.64. The van der Waals surface area contributed by atoms with Gasteiger partial charge in [-0.2, -0.15) is 8.78 Å². The van der Waals surface area contributed by atoms with Crippen molar-refractivity contribution in [3.8, 4) is 0 Å². The number of halogens is 3. The first-order valence-electron chi connectivity index (χ1n) is 6.07. The molecule has 1 rings (SSSR count). The Balaban J connectivity index is 2.82. The molecular weight excluding hydrogens is 319 g/mol. The van der Waals surface area contributed by atoms with Crippen LogP contribution in [0.5, 0.6) is 0 Å². The first-order chi connectivity index (χ1) is 10.4. The Morgan fingerprint density at radius 3 is 2.41 bits per heavy atom. The van der Waals surface area contributed by atoms with Crippen LogP contribution in [0.3, 0.4) is 0 Å².